The smallest absolute Gasteiger partial charge is 0.262 e. The van der Waals surface area contributed by atoms with Crippen LogP contribution in [-0.2, 0) is 10.0 Å². The number of hydrogen-bond acceptors (Lipinski definition) is 3. The van der Waals surface area contributed by atoms with Gasteiger partial charge in [-0.3, -0.25) is 9.71 Å². The monoisotopic (exact) mass is 301 g/mol. The van der Waals surface area contributed by atoms with Gasteiger partial charge in [0.2, 0.25) is 0 Å². The number of nitrogens with zero attached hydrogens (tertiary/aromatic N) is 1. The molecular formula is C15H15N3O2S. The Morgan fingerprint density at radius 2 is 1.76 bits per heavy atom. The van der Waals surface area contributed by atoms with Crippen molar-refractivity contribution in [1.82, 2.24) is 9.97 Å². The Balaban J connectivity index is 1.98. The molecular weight excluding hydrogens is 286 g/mol. The number of H-pyrrole nitrogens is 1. The molecule has 21 heavy (non-hydrogen) atoms. The van der Waals surface area contributed by atoms with Crippen molar-refractivity contribution in [2.45, 2.75) is 18.7 Å². The molecule has 6 heteroatoms. The van der Waals surface area contributed by atoms with Gasteiger partial charge in [0.25, 0.3) is 10.0 Å². The zero-order chi connectivity index (χ0) is 15.0. The summed E-state index contributed by atoms with van der Waals surface area (Å²) < 4.78 is 27.5. The van der Waals surface area contributed by atoms with E-state index in [4.69, 9.17) is 0 Å². The lowest BCUT2D eigenvalue weighted by Gasteiger charge is -2.09. The van der Waals surface area contributed by atoms with Crippen LogP contribution in [0.1, 0.15) is 11.4 Å². The zero-order valence-corrected chi connectivity index (χ0v) is 12.5. The molecule has 0 atom stereocenters. The Morgan fingerprint density at radius 1 is 1.05 bits per heavy atom. The summed E-state index contributed by atoms with van der Waals surface area (Å²) in [6, 6.07) is 10.4. The molecule has 3 rings (SSSR count). The quantitative estimate of drug-likeness (QED) is 0.781. The Labute approximate surface area is 123 Å². The molecule has 0 aliphatic rings. The van der Waals surface area contributed by atoms with Crippen molar-refractivity contribution >= 4 is 26.6 Å². The van der Waals surface area contributed by atoms with E-state index in [1.165, 1.54) is 0 Å². The summed E-state index contributed by atoms with van der Waals surface area (Å²) in [5, 5.41) is 0.956. The van der Waals surface area contributed by atoms with Gasteiger partial charge in [-0.1, -0.05) is 0 Å². The lowest BCUT2D eigenvalue weighted by atomic mass is 10.2. The third-order valence-electron chi connectivity index (χ3n) is 3.17. The maximum absolute atomic E-state index is 12.4. The van der Waals surface area contributed by atoms with E-state index < -0.39 is 10.0 Å². The highest BCUT2D eigenvalue weighted by Crippen LogP contribution is 2.21. The van der Waals surface area contributed by atoms with Crippen LogP contribution in [0.25, 0.3) is 10.9 Å². The Kier molecular flexibility index (Phi) is 3.17. The molecule has 0 fully saturated rings. The third-order valence-corrected chi connectivity index (χ3v) is 4.53. The number of nitrogens with one attached hydrogen (secondary N) is 2. The van der Waals surface area contributed by atoms with E-state index in [9.17, 15) is 8.42 Å². The second-order valence-electron chi connectivity index (χ2n) is 4.97. The van der Waals surface area contributed by atoms with Crippen LogP contribution in [0.4, 0.5) is 5.69 Å². The number of sulfonamides is 1. The SMILES string of the molecule is Cc1cc(S(=O)(=O)Nc2ccc3[nH]ccc3c2)cc(C)n1. The fourth-order valence-electron chi connectivity index (χ4n) is 2.28. The fraction of sp³-hybridized carbons (Fsp3) is 0.133. The summed E-state index contributed by atoms with van der Waals surface area (Å²) in [4.78, 5) is 7.49. The maximum Gasteiger partial charge on any atom is 0.262 e. The van der Waals surface area contributed by atoms with Crippen molar-refractivity contribution < 1.29 is 8.42 Å². The van der Waals surface area contributed by atoms with Gasteiger partial charge in [0.05, 0.1) is 4.90 Å². The zero-order valence-electron chi connectivity index (χ0n) is 11.7. The number of hydrogen-bond donors (Lipinski definition) is 2. The third kappa shape index (κ3) is 2.75. The molecule has 0 saturated carbocycles. The minimum atomic E-state index is -3.61. The summed E-state index contributed by atoms with van der Waals surface area (Å²) in [5.74, 6) is 0. The molecule has 0 bridgehead atoms. The van der Waals surface area contributed by atoms with Crippen LogP contribution < -0.4 is 4.72 Å². The molecule has 0 aliphatic heterocycles. The highest BCUT2D eigenvalue weighted by atomic mass is 32.2. The highest BCUT2D eigenvalue weighted by molar-refractivity contribution is 7.92. The molecule has 1 aromatic carbocycles. The molecule has 2 N–H and O–H groups in total. The van der Waals surface area contributed by atoms with E-state index in [2.05, 4.69) is 14.7 Å². The molecule has 0 saturated heterocycles. The second-order valence-corrected chi connectivity index (χ2v) is 6.65. The standard InChI is InChI=1S/C15H15N3O2S/c1-10-7-14(8-11(2)17-10)21(19,20)18-13-3-4-15-12(9-13)5-6-16-15/h3-9,16,18H,1-2H3. The van der Waals surface area contributed by atoms with Crippen LogP contribution in [0.3, 0.4) is 0 Å². The molecule has 0 radical (unpaired) electrons. The summed E-state index contributed by atoms with van der Waals surface area (Å²) in [5.41, 5.74) is 2.86. The van der Waals surface area contributed by atoms with Crippen LogP contribution in [0.15, 0.2) is 47.5 Å². The molecule has 108 valence electrons. The van der Waals surface area contributed by atoms with Gasteiger partial charge >= 0.3 is 0 Å². The lowest BCUT2D eigenvalue weighted by Crippen LogP contribution is -2.13. The van der Waals surface area contributed by atoms with E-state index in [-0.39, 0.29) is 4.90 Å². The highest BCUT2D eigenvalue weighted by Gasteiger charge is 2.15. The normalized spacial score (nSPS) is 11.7. The largest absolute Gasteiger partial charge is 0.361 e. The first kappa shape index (κ1) is 13.6. The van der Waals surface area contributed by atoms with Crippen LogP contribution in [0.5, 0.6) is 0 Å². The average molecular weight is 301 g/mol. The van der Waals surface area contributed by atoms with Gasteiger partial charge < -0.3 is 4.98 Å². The maximum atomic E-state index is 12.4. The number of benzene rings is 1. The van der Waals surface area contributed by atoms with Gasteiger partial charge in [0.15, 0.2) is 0 Å². The minimum absolute atomic E-state index is 0.224. The van der Waals surface area contributed by atoms with Crippen molar-refractivity contribution in [2.24, 2.45) is 0 Å². The van der Waals surface area contributed by atoms with Crippen LogP contribution in [0.2, 0.25) is 0 Å². The summed E-state index contributed by atoms with van der Waals surface area (Å²) in [6.07, 6.45) is 1.82. The lowest BCUT2D eigenvalue weighted by molar-refractivity contribution is 0.601. The van der Waals surface area contributed by atoms with E-state index in [1.807, 2.05) is 18.3 Å². The van der Waals surface area contributed by atoms with Crippen molar-refractivity contribution in [3.05, 3.63) is 54.0 Å². The molecule has 5 nitrogen and oxygen atoms in total. The number of aromatic nitrogens is 2. The van der Waals surface area contributed by atoms with Crippen molar-refractivity contribution in [1.29, 1.82) is 0 Å². The first-order chi connectivity index (χ1) is 9.94. The first-order valence-electron chi connectivity index (χ1n) is 6.49. The fourth-order valence-corrected chi connectivity index (χ4v) is 3.49. The molecule has 2 aromatic heterocycles. The molecule has 0 unspecified atom stereocenters. The Morgan fingerprint density at radius 3 is 2.48 bits per heavy atom. The Bertz CT molecular complexity index is 893. The molecule has 2 heterocycles. The average Bonchev–Trinajstić information content (AvgIpc) is 2.84. The number of anilines is 1. The molecule has 0 aliphatic carbocycles. The van der Waals surface area contributed by atoms with Gasteiger partial charge in [-0.25, -0.2) is 8.42 Å². The summed E-state index contributed by atoms with van der Waals surface area (Å²) in [7, 11) is -3.61. The van der Waals surface area contributed by atoms with Crippen molar-refractivity contribution in [2.75, 3.05) is 4.72 Å². The van der Waals surface area contributed by atoms with E-state index in [0.717, 1.165) is 10.9 Å². The number of aryl methyl sites for hydroxylation is 2. The van der Waals surface area contributed by atoms with E-state index in [0.29, 0.717) is 17.1 Å². The summed E-state index contributed by atoms with van der Waals surface area (Å²) >= 11 is 0. The van der Waals surface area contributed by atoms with Crippen molar-refractivity contribution in [3.63, 3.8) is 0 Å². The van der Waals surface area contributed by atoms with E-state index >= 15 is 0 Å². The van der Waals surface area contributed by atoms with Gasteiger partial charge in [0.1, 0.15) is 0 Å². The van der Waals surface area contributed by atoms with Crippen LogP contribution in [0, 0.1) is 13.8 Å². The topological polar surface area (TPSA) is 74.8 Å². The van der Waals surface area contributed by atoms with E-state index in [1.54, 1.807) is 38.1 Å². The molecule has 3 aromatic rings. The van der Waals surface area contributed by atoms with Crippen molar-refractivity contribution in [3.8, 4) is 0 Å². The molecule has 0 amide bonds. The number of fused-ring (bicyclic) bond motifs is 1. The Hall–Kier alpha value is -2.34. The minimum Gasteiger partial charge on any atom is -0.361 e. The predicted molar refractivity (Wildman–Crippen MR) is 82.8 cm³/mol. The molecule has 0 spiro atoms. The summed E-state index contributed by atoms with van der Waals surface area (Å²) in [6.45, 7) is 3.55. The predicted octanol–water partition coefficient (Wildman–Crippen LogP) is 2.98. The van der Waals surface area contributed by atoms with Crippen LogP contribution in [-0.4, -0.2) is 18.4 Å². The van der Waals surface area contributed by atoms with Crippen LogP contribution >= 0.6 is 0 Å². The van der Waals surface area contributed by atoms with Gasteiger partial charge in [-0.2, -0.15) is 0 Å². The first-order valence-corrected chi connectivity index (χ1v) is 7.98. The number of aromatic amines is 1. The van der Waals surface area contributed by atoms with Gasteiger partial charge in [0, 0.05) is 34.2 Å². The number of pyridine rings is 1. The van der Waals surface area contributed by atoms with Gasteiger partial charge in [-0.15, -0.1) is 0 Å². The van der Waals surface area contributed by atoms with Gasteiger partial charge in [-0.05, 0) is 50.2 Å². The second kappa shape index (κ2) is 4.89. The number of rotatable bonds is 3.